The Balaban J connectivity index is 1.67. The molecule has 1 N–H and O–H groups in total. The van der Waals surface area contributed by atoms with Crippen LogP contribution in [0, 0.1) is 5.82 Å². The summed E-state index contributed by atoms with van der Waals surface area (Å²) in [7, 11) is 0. The second kappa shape index (κ2) is 6.28. The van der Waals surface area contributed by atoms with Crippen LogP contribution in [0.4, 0.5) is 10.1 Å². The predicted molar refractivity (Wildman–Crippen MR) is 85.0 cm³/mol. The lowest BCUT2D eigenvalue weighted by Gasteiger charge is -2.32. The van der Waals surface area contributed by atoms with E-state index in [2.05, 4.69) is 28.4 Å². The number of carbonyl (C=O) groups is 1. The average molecular weight is 298 g/mol. The van der Waals surface area contributed by atoms with Gasteiger partial charge in [0.05, 0.1) is 6.04 Å². The Hall–Kier alpha value is -2.20. The van der Waals surface area contributed by atoms with Crippen LogP contribution in [0.1, 0.15) is 18.1 Å². The van der Waals surface area contributed by atoms with Crippen molar-refractivity contribution in [1.29, 1.82) is 0 Å². The Morgan fingerprint density at radius 3 is 2.73 bits per heavy atom. The summed E-state index contributed by atoms with van der Waals surface area (Å²) in [6, 6.07) is 14.1. The van der Waals surface area contributed by atoms with Crippen LogP contribution in [0.3, 0.4) is 0 Å². The molecule has 3 nitrogen and oxygen atoms in total. The summed E-state index contributed by atoms with van der Waals surface area (Å²) in [5, 5.41) is 2.78. The average Bonchev–Trinajstić information content (AvgIpc) is 2.53. The first-order chi connectivity index (χ1) is 10.6. The molecule has 0 radical (unpaired) electrons. The number of hydrogen-bond donors (Lipinski definition) is 1. The minimum atomic E-state index is -0.350. The molecule has 1 aliphatic heterocycles. The lowest BCUT2D eigenvalue weighted by Crippen LogP contribution is -2.44. The van der Waals surface area contributed by atoms with Crippen LogP contribution in [0.15, 0.2) is 48.5 Å². The number of anilines is 1. The standard InChI is InChI=1S/C18H19FN2O/c1-13(18(22)20-17-8-4-7-16(19)11-17)21-10-9-14-5-2-3-6-15(14)12-21/h2-8,11,13H,9-10,12H2,1H3,(H,20,22). The minimum absolute atomic E-state index is 0.106. The zero-order valence-electron chi connectivity index (χ0n) is 12.6. The molecule has 0 aliphatic carbocycles. The number of halogens is 1. The van der Waals surface area contributed by atoms with Gasteiger partial charge in [0, 0.05) is 18.8 Å². The Kier molecular flexibility index (Phi) is 4.20. The molecule has 0 aromatic heterocycles. The lowest BCUT2D eigenvalue weighted by molar-refractivity contribution is -0.121. The van der Waals surface area contributed by atoms with Crippen molar-refractivity contribution in [2.24, 2.45) is 0 Å². The van der Waals surface area contributed by atoms with E-state index >= 15 is 0 Å². The highest BCUT2D eigenvalue weighted by atomic mass is 19.1. The van der Waals surface area contributed by atoms with Gasteiger partial charge in [-0.25, -0.2) is 4.39 Å². The van der Waals surface area contributed by atoms with Crippen molar-refractivity contribution >= 4 is 11.6 Å². The Bertz CT molecular complexity index is 686. The van der Waals surface area contributed by atoms with E-state index in [9.17, 15) is 9.18 Å². The fourth-order valence-electron chi connectivity index (χ4n) is 2.83. The van der Waals surface area contributed by atoms with Crippen molar-refractivity contribution < 1.29 is 9.18 Å². The number of rotatable bonds is 3. The number of amides is 1. The van der Waals surface area contributed by atoms with Gasteiger partial charge >= 0.3 is 0 Å². The number of hydrogen-bond acceptors (Lipinski definition) is 2. The molecule has 1 atom stereocenters. The van der Waals surface area contributed by atoms with Gasteiger partial charge in [0.15, 0.2) is 0 Å². The molecular formula is C18H19FN2O. The van der Waals surface area contributed by atoms with Crippen molar-refractivity contribution in [3.05, 3.63) is 65.5 Å². The number of fused-ring (bicyclic) bond motifs is 1. The van der Waals surface area contributed by atoms with Crippen LogP contribution in [-0.4, -0.2) is 23.4 Å². The van der Waals surface area contributed by atoms with Crippen LogP contribution in [0.2, 0.25) is 0 Å². The van der Waals surface area contributed by atoms with E-state index in [1.165, 1.54) is 23.3 Å². The van der Waals surface area contributed by atoms with E-state index in [4.69, 9.17) is 0 Å². The lowest BCUT2D eigenvalue weighted by atomic mass is 9.99. The third-order valence-corrected chi connectivity index (χ3v) is 4.18. The van der Waals surface area contributed by atoms with Gasteiger partial charge in [-0.1, -0.05) is 30.3 Å². The van der Waals surface area contributed by atoms with E-state index in [1.54, 1.807) is 12.1 Å². The van der Waals surface area contributed by atoms with Crippen molar-refractivity contribution in [3.8, 4) is 0 Å². The van der Waals surface area contributed by atoms with Crippen molar-refractivity contribution in [2.75, 3.05) is 11.9 Å². The van der Waals surface area contributed by atoms with Gasteiger partial charge in [0.1, 0.15) is 5.82 Å². The molecule has 0 saturated carbocycles. The molecule has 4 heteroatoms. The Labute approximate surface area is 129 Å². The SMILES string of the molecule is CC(C(=O)Nc1cccc(F)c1)N1CCc2ccccc2C1. The van der Waals surface area contributed by atoms with Gasteiger partial charge in [0.25, 0.3) is 0 Å². The first-order valence-corrected chi connectivity index (χ1v) is 7.51. The van der Waals surface area contributed by atoms with Gasteiger partial charge in [0.2, 0.25) is 5.91 Å². The Morgan fingerprint density at radius 2 is 1.95 bits per heavy atom. The maximum atomic E-state index is 13.2. The number of nitrogens with zero attached hydrogens (tertiary/aromatic N) is 1. The van der Waals surface area contributed by atoms with E-state index < -0.39 is 0 Å². The second-order valence-corrected chi connectivity index (χ2v) is 5.66. The molecule has 0 spiro atoms. The second-order valence-electron chi connectivity index (χ2n) is 5.66. The van der Waals surface area contributed by atoms with Crippen LogP contribution < -0.4 is 5.32 Å². The zero-order chi connectivity index (χ0) is 15.5. The summed E-state index contributed by atoms with van der Waals surface area (Å²) in [5.41, 5.74) is 3.13. The molecule has 0 saturated heterocycles. The molecule has 1 amide bonds. The predicted octanol–water partition coefficient (Wildman–Crippen LogP) is 3.21. The third-order valence-electron chi connectivity index (χ3n) is 4.18. The summed E-state index contributed by atoms with van der Waals surface area (Å²) in [4.78, 5) is 14.5. The quantitative estimate of drug-likeness (QED) is 0.943. The summed E-state index contributed by atoms with van der Waals surface area (Å²) < 4.78 is 13.2. The highest BCUT2D eigenvalue weighted by Crippen LogP contribution is 2.21. The number of carbonyl (C=O) groups excluding carboxylic acids is 1. The molecule has 2 aromatic carbocycles. The zero-order valence-corrected chi connectivity index (χ0v) is 12.6. The van der Waals surface area contributed by atoms with E-state index in [1.807, 2.05) is 13.0 Å². The molecule has 1 heterocycles. The maximum Gasteiger partial charge on any atom is 0.241 e. The summed E-state index contributed by atoms with van der Waals surface area (Å²) in [6.45, 7) is 3.52. The largest absolute Gasteiger partial charge is 0.325 e. The molecular weight excluding hydrogens is 279 g/mol. The van der Waals surface area contributed by atoms with Crippen molar-refractivity contribution in [3.63, 3.8) is 0 Å². The van der Waals surface area contributed by atoms with E-state index in [0.717, 1.165) is 19.5 Å². The highest BCUT2D eigenvalue weighted by Gasteiger charge is 2.25. The molecule has 2 aromatic rings. The smallest absolute Gasteiger partial charge is 0.241 e. The Morgan fingerprint density at radius 1 is 1.18 bits per heavy atom. The normalized spacial score (nSPS) is 15.9. The first kappa shape index (κ1) is 14.7. The summed E-state index contributed by atoms with van der Waals surface area (Å²) >= 11 is 0. The van der Waals surface area contributed by atoms with Gasteiger partial charge in [-0.3, -0.25) is 9.69 Å². The molecule has 1 aliphatic rings. The van der Waals surface area contributed by atoms with E-state index in [0.29, 0.717) is 5.69 Å². The molecule has 22 heavy (non-hydrogen) atoms. The van der Waals surface area contributed by atoms with Crippen LogP contribution >= 0.6 is 0 Å². The number of benzene rings is 2. The summed E-state index contributed by atoms with van der Waals surface area (Å²) in [5.74, 6) is -0.456. The fraction of sp³-hybridized carbons (Fsp3) is 0.278. The number of nitrogens with one attached hydrogen (secondary N) is 1. The van der Waals surface area contributed by atoms with Crippen LogP contribution in [0.5, 0.6) is 0 Å². The van der Waals surface area contributed by atoms with E-state index in [-0.39, 0.29) is 17.8 Å². The molecule has 3 rings (SSSR count). The third kappa shape index (κ3) is 3.17. The van der Waals surface area contributed by atoms with Gasteiger partial charge in [-0.15, -0.1) is 0 Å². The molecule has 0 fully saturated rings. The van der Waals surface area contributed by atoms with Gasteiger partial charge in [-0.2, -0.15) is 0 Å². The monoisotopic (exact) mass is 298 g/mol. The van der Waals surface area contributed by atoms with Crippen LogP contribution in [-0.2, 0) is 17.8 Å². The maximum absolute atomic E-state index is 13.2. The van der Waals surface area contributed by atoms with Gasteiger partial charge < -0.3 is 5.32 Å². The summed E-state index contributed by atoms with van der Waals surface area (Å²) in [6.07, 6.45) is 0.952. The van der Waals surface area contributed by atoms with Crippen molar-refractivity contribution in [1.82, 2.24) is 4.90 Å². The first-order valence-electron chi connectivity index (χ1n) is 7.51. The molecule has 114 valence electrons. The molecule has 0 bridgehead atoms. The highest BCUT2D eigenvalue weighted by molar-refractivity contribution is 5.94. The minimum Gasteiger partial charge on any atom is -0.325 e. The fourth-order valence-corrected chi connectivity index (χ4v) is 2.83. The molecule has 1 unspecified atom stereocenters. The van der Waals surface area contributed by atoms with Crippen LogP contribution in [0.25, 0.3) is 0 Å². The topological polar surface area (TPSA) is 32.3 Å². The van der Waals surface area contributed by atoms with Gasteiger partial charge in [-0.05, 0) is 42.7 Å². The van der Waals surface area contributed by atoms with Crippen molar-refractivity contribution in [2.45, 2.75) is 25.9 Å².